The highest BCUT2D eigenvalue weighted by molar-refractivity contribution is 5.92. The van der Waals surface area contributed by atoms with Crippen LogP contribution in [0.1, 0.15) is 35.0 Å². The fourth-order valence-corrected chi connectivity index (χ4v) is 3.09. The third-order valence-electron chi connectivity index (χ3n) is 4.40. The van der Waals surface area contributed by atoms with E-state index in [9.17, 15) is 4.79 Å². The lowest BCUT2D eigenvalue weighted by atomic mass is 9.96. The molecule has 0 atom stereocenters. The number of aromatic nitrogens is 1. The lowest BCUT2D eigenvalue weighted by Gasteiger charge is -2.33. The Kier molecular flexibility index (Phi) is 4.65. The van der Waals surface area contributed by atoms with Crippen LogP contribution in [0.5, 0.6) is 0 Å². The predicted molar refractivity (Wildman–Crippen MR) is 89.7 cm³/mol. The maximum Gasteiger partial charge on any atom is 0.289 e. The van der Waals surface area contributed by atoms with Crippen LogP contribution in [0.2, 0.25) is 0 Å². The standard InChI is InChI=1S/C18H23N3O2/c1-13-17(23-14(2)20-13)18(22)19-12-15-8-10-21(11-9-15)16-6-4-3-5-7-16/h3-7,15H,8-12H2,1-2H3,(H,19,22). The molecule has 1 aromatic heterocycles. The molecule has 122 valence electrons. The van der Waals surface area contributed by atoms with Gasteiger partial charge in [-0.3, -0.25) is 4.79 Å². The number of rotatable bonds is 4. The average molecular weight is 313 g/mol. The molecule has 1 N–H and O–H groups in total. The number of nitrogens with zero attached hydrogens (tertiary/aromatic N) is 2. The summed E-state index contributed by atoms with van der Waals surface area (Å²) in [5.41, 5.74) is 1.93. The topological polar surface area (TPSA) is 58.4 Å². The van der Waals surface area contributed by atoms with Crippen molar-refractivity contribution in [1.82, 2.24) is 10.3 Å². The summed E-state index contributed by atoms with van der Waals surface area (Å²) >= 11 is 0. The lowest BCUT2D eigenvalue weighted by molar-refractivity contribution is 0.0915. The van der Waals surface area contributed by atoms with Crippen LogP contribution in [0.15, 0.2) is 34.7 Å². The number of hydrogen-bond acceptors (Lipinski definition) is 4. The highest BCUT2D eigenvalue weighted by Gasteiger charge is 2.21. The Morgan fingerprint density at radius 3 is 2.57 bits per heavy atom. The van der Waals surface area contributed by atoms with E-state index in [-0.39, 0.29) is 5.91 Å². The van der Waals surface area contributed by atoms with Crippen LogP contribution < -0.4 is 10.2 Å². The third-order valence-corrected chi connectivity index (χ3v) is 4.40. The number of piperidine rings is 1. The molecule has 3 rings (SSSR count). The number of hydrogen-bond donors (Lipinski definition) is 1. The molecule has 1 saturated heterocycles. The summed E-state index contributed by atoms with van der Waals surface area (Å²) in [6.07, 6.45) is 2.17. The van der Waals surface area contributed by atoms with Gasteiger partial charge in [0, 0.05) is 32.2 Å². The molecule has 1 fully saturated rings. The van der Waals surface area contributed by atoms with Gasteiger partial charge in [-0.2, -0.15) is 0 Å². The molecule has 1 aliphatic heterocycles. The smallest absolute Gasteiger partial charge is 0.289 e. The summed E-state index contributed by atoms with van der Waals surface area (Å²) in [6, 6.07) is 10.5. The number of oxazole rings is 1. The van der Waals surface area contributed by atoms with E-state index in [1.165, 1.54) is 5.69 Å². The number of carbonyl (C=O) groups is 1. The molecule has 1 aromatic carbocycles. The molecule has 0 unspecified atom stereocenters. The van der Waals surface area contributed by atoms with E-state index in [4.69, 9.17) is 4.42 Å². The van der Waals surface area contributed by atoms with Gasteiger partial charge >= 0.3 is 0 Å². The molecule has 2 aromatic rings. The van der Waals surface area contributed by atoms with Crippen molar-refractivity contribution < 1.29 is 9.21 Å². The second-order valence-electron chi connectivity index (χ2n) is 6.12. The summed E-state index contributed by atoms with van der Waals surface area (Å²) in [7, 11) is 0. The molecule has 23 heavy (non-hydrogen) atoms. The third kappa shape index (κ3) is 3.73. The quantitative estimate of drug-likeness (QED) is 0.943. The first-order valence-electron chi connectivity index (χ1n) is 8.15. The molecule has 0 aliphatic carbocycles. The van der Waals surface area contributed by atoms with Gasteiger partial charge in [-0.15, -0.1) is 0 Å². The van der Waals surface area contributed by atoms with Crippen molar-refractivity contribution in [3.05, 3.63) is 47.7 Å². The predicted octanol–water partition coefficient (Wildman–Crippen LogP) is 2.94. The van der Waals surface area contributed by atoms with Crippen LogP contribution in [0.25, 0.3) is 0 Å². The minimum absolute atomic E-state index is 0.159. The van der Waals surface area contributed by atoms with Gasteiger partial charge in [0.2, 0.25) is 5.76 Å². The van der Waals surface area contributed by atoms with Gasteiger partial charge in [-0.25, -0.2) is 4.98 Å². The number of benzene rings is 1. The van der Waals surface area contributed by atoms with Crippen molar-refractivity contribution in [2.75, 3.05) is 24.5 Å². The molecule has 0 radical (unpaired) electrons. The summed E-state index contributed by atoms with van der Waals surface area (Å²) in [4.78, 5) is 18.7. The van der Waals surface area contributed by atoms with Crippen molar-refractivity contribution in [3.8, 4) is 0 Å². The summed E-state index contributed by atoms with van der Waals surface area (Å²) in [5, 5.41) is 2.99. The van der Waals surface area contributed by atoms with Gasteiger partial charge in [-0.1, -0.05) is 18.2 Å². The van der Waals surface area contributed by atoms with Crippen molar-refractivity contribution in [2.24, 2.45) is 5.92 Å². The SMILES string of the molecule is Cc1nc(C)c(C(=O)NCC2CCN(c3ccccc3)CC2)o1. The van der Waals surface area contributed by atoms with Crippen molar-refractivity contribution in [2.45, 2.75) is 26.7 Å². The molecule has 5 heteroatoms. The first kappa shape index (κ1) is 15.6. The Morgan fingerprint density at radius 2 is 1.96 bits per heavy atom. The largest absolute Gasteiger partial charge is 0.436 e. The Hall–Kier alpha value is -2.30. The molecule has 1 aliphatic rings. The van der Waals surface area contributed by atoms with Crippen LogP contribution in [-0.2, 0) is 0 Å². The molecule has 0 bridgehead atoms. The van der Waals surface area contributed by atoms with Gasteiger partial charge < -0.3 is 14.6 Å². The second kappa shape index (κ2) is 6.86. The van der Waals surface area contributed by atoms with E-state index in [0.29, 0.717) is 29.8 Å². The molecular formula is C18H23N3O2. The van der Waals surface area contributed by atoms with Crippen molar-refractivity contribution in [3.63, 3.8) is 0 Å². The fraction of sp³-hybridized carbons (Fsp3) is 0.444. The van der Waals surface area contributed by atoms with Crippen LogP contribution in [0, 0.1) is 19.8 Å². The minimum Gasteiger partial charge on any atom is -0.436 e. The fourth-order valence-electron chi connectivity index (χ4n) is 3.09. The monoisotopic (exact) mass is 313 g/mol. The van der Waals surface area contributed by atoms with E-state index < -0.39 is 0 Å². The van der Waals surface area contributed by atoms with Gasteiger partial charge in [0.15, 0.2) is 5.89 Å². The van der Waals surface area contributed by atoms with E-state index in [1.807, 2.05) is 6.07 Å². The Bertz CT molecular complexity index is 658. The summed E-state index contributed by atoms with van der Waals surface area (Å²) < 4.78 is 5.36. The second-order valence-corrected chi connectivity index (χ2v) is 6.12. The number of para-hydroxylation sites is 1. The van der Waals surface area contributed by atoms with E-state index in [2.05, 4.69) is 39.5 Å². The molecular weight excluding hydrogens is 290 g/mol. The zero-order valence-corrected chi connectivity index (χ0v) is 13.7. The Labute approximate surface area is 136 Å². The van der Waals surface area contributed by atoms with Crippen LogP contribution in [0.4, 0.5) is 5.69 Å². The van der Waals surface area contributed by atoms with Crippen LogP contribution in [0.3, 0.4) is 0 Å². The maximum atomic E-state index is 12.2. The first-order chi connectivity index (χ1) is 11.1. The van der Waals surface area contributed by atoms with Crippen molar-refractivity contribution >= 4 is 11.6 Å². The number of amides is 1. The van der Waals surface area contributed by atoms with Gasteiger partial charge in [-0.05, 0) is 37.8 Å². The molecule has 2 heterocycles. The van der Waals surface area contributed by atoms with Gasteiger partial charge in [0.1, 0.15) is 0 Å². The maximum absolute atomic E-state index is 12.2. The van der Waals surface area contributed by atoms with Gasteiger partial charge in [0.25, 0.3) is 5.91 Å². The number of carbonyl (C=O) groups excluding carboxylic acids is 1. The highest BCUT2D eigenvalue weighted by Crippen LogP contribution is 2.22. The number of aryl methyl sites for hydroxylation is 2. The molecule has 1 amide bonds. The normalized spacial score (nSPS) is 15.7. The Balaban J connectivity index is 1.48. The first-order valence-corrected chi connectivity index (χ1v) is 8.15. The zero-order chi connectivity index (χ0) is 16.2. The highest BCUT2D eigenvalue weighted by atomic mass is 16.4. The van der Waals surface area contributed by atoms with E-state index in [0.717, 1.165) is 25.9 Å². The minimum atomic E-state index is -0.159. The molecule has 0 spiro atoms. The Morgan fingerprint density at radius 1 is 1.26 bits per heavy atom. The van der Waals surface area contributed by atoms with Gasteiger partial charge in [0.05, 0.1) is 5.69 Å². The number of nitrogens with one attached hydrogen (secondary N) is 1. The van der Waals surface area contributed by atoms with Crippen molar-refractivity contribution in [1.29, 1.82) is 0 Å². The lowest BCUT2D eigenvalue weighted by Crippen LogP contribution is -2.38. The van der Waals surface area contributed by atoms with E-state index in [1.54, 1.807) is 13.8 Å². The average Bonchev–Trinajstić information content (AvgIpc) is 2.92. The number of anilines is 1. The summed E-state index contributed by atoms with van der Waals surface area (Å²) in [5.74, 6) is 1.23. The summed E-state index contributed by atoms with van der Waals surface area (Å²) in [6.45, 7) is 6.31. The van der Waals surface area contributed by atoms with E-state index >= 15 is 0 Å². The van der Waals surface area contributed by atoms with Crippen LogP contribution in [-0.4, -0.2) is 30.5 Å². The zero-order valence-electron chi connectivity index (χ0n) is 13.7. The van der Waals surface area contributed by atoms with Crippen LogP contribution >= 0.6 is 0 Å². The molecule has 5 nitrogen and oxygen atoms in total. The molecule has 0 saturated carbocycles.